The van der Waals surface area contributed by atoms with Crippen LogP contribution in [0.3, 0.4) is 0 Å². The maximum atomic E-state index is 13.4. The van der Waals surface area contributed by atoms with Gasteiger partial charge in [-0.3, -0.25) is 14.4 Å². The number of rotatable bonds is 9. The van der Waals surface area contributed by atoms with Crippen LogP contribution >= 0.6 is 0 Å². The van der Waals surface area contributed by atoms with Crippen molar-refractivity contribution in [3.05, 3.63) is 47.5 Å². The number of carbonyl (C=O) groups excluding carboxylic acids is 3. The molecule has 0 saturated heterocycles. The van der Waals surface area contributed by atoms with E-state index >= 15 is 0 Å². The van der Waals surface area contributed by atoms with Crippen molar-refractivity contribution in [3.63, 3.8) is 0 Å². The third-order valence-corrected chi connectivity index (χ3v) is 6.84. The fourth-order valence-corrected chi connectivity index (χ4v) is 4.54. The third kappa shape index (κ3) is 8.41. The largest absolute Gasteiger partial charge is 0.508 e. The van der Waals surface area contributed by atoms with E-state index in [0.717, 1.165) is 30.4 Å². The summed E-state index contributed by atoms with van der Waals surface area (Å²) >= 11 is 0. The molecule has 2 aromatic rings. The lowest BCUT2D eigenvalue weighted by atomic mass is 9.95. The average Bonchev–Trinajstić information content (AvgIpc) is 2.92. The molecule has 0 fully saturated rings. The number of phenols is 2. The summed E-state index contributed by atoms with van der Waals surface area (Å²) in [6.07, 6.45) is 3.20. The van der Waals surface area contributed by atoms with Crippen molar-refractivity contribution in [1.29, 1.82) is 0 Å². The summed E-state index contributed by atoms with van der Waals surface area (Å²) in [5.41, 5.74) is 19.7. The van der Waals surface area contributed by atoms with Crippen molar-refractivity contribution in [2.75, 3.05) is 19.6 Å². The van der Waals surface area contributed by atoms with Crippen LogP contribution in [0.2, 0.25) is 0 Å². The third-order valence-electron chi connectivity index (χ3n) is 6.84. The van der Waals surface area contributed by atoms with Crippen LogP contribution in [0.5, 0.6) is 11.5 Å². The molecule has 11 nitrogen and oxygen atoms in total. The predicted molar refractivity (Wildman–Crippen MR) is 149 cm³/mol. The highest BCUT2D eigenvalue weighted by Crippen LogP contribution is 2.30. The highest BCUT2D eigenvalue weighted by molar-refractivity contribution is 5.93. The molecule has 2 aromatic carbocycles. The summed E-state index contributed by atoms with van der Waals surface area (Å²) in [6.45, 7) is 1.29. The van der Waals surface area contributed by atoms with Crippen LogP contribution in [0.25, 0.3) is 11.1 Å². The number of carbonyl (C=O) groups is 3. The summed E-state index contributed by atoms with van der Waals surface area (Å²) in [6, 6.07) is 6.94. The molecule has 39 heavy (non-hydrogen) atoms. The molecule has 0 aliphatic carbocycles. The van der Waals surface area contributed by atoms with Gasteiger partial charge < -0.3 is 43.4 Å². The Morgan fingerprint density at radius 3 is 2.08 bits per heavy atom. The molecule has 3 atom stereocenters. The van der Waals surface area contributed by atoms with E-state index in [1.165, 1.54) is 12.1 Å². The van der Waals surface area contributed by atoms with E-state index in [9.17, 15) is 24.6 Å². The lowest BCUT2D eigenvalue weighted by Gasteiger charge is -2.24. The van der Waals surface area contributed by atoms with E-state index in [0.29, 0.717) is 37.2 Å². The SMILES string of the molecule is NCCCCCNC(=O)[C@@H]1Cc2cc(ccc2O)-c2ccc(O)c(c2)C[C@@H](N)C(=O)N[C@@H](CCCN)C(=O)N1. The first-order valence-electron chi connectivity index (χ1n) is 13.4. The highest BCUT2D eigenvalue weighted by Gasteiger charge is 2.29. The molecule has 0 unspecified atom stereocenters. The van der Waals surface area contributed by atoms with Gasteiger partial charge in [0.15, 0.2) is 0 Å². The molecule has 0 spiro atoms. The van der Waals surface area contributed by atoms with Crippen molar-refractivity contribution in [3.8, 4) is 22.6 Å². The molecule has 0 saturated carbocycles. The number of hydrogen-bond donors (Lipinski definition) is 8. The van der Waals surface area contributed by atoms with Gasteiger partial charge in [-0.1, -0.05) is 18.6 Å². The fraction of sp³-hybridized carbons (Fsp3) is 0.464. The Labute approximate surface area is 228 Å². The minimum absolute atomic E-state index is 0.00839. The summed E-state index contributed by atoms with van der Waals surface area (Å²) in [5, 5.41) is 29.4. The Bertz CT molecular complexity index is 1160. The second kappa shape index (κ2) is 14.5. The van der Waals surface area contributed by atoms with Gasteiger partial charge in [0, 0.05) is 19.4 Å². The zero-order valence-electron chi connectivity index (χ0n) is 22.1. The van der Waals surface area contributed by atoms with Crippen LogP contribution in [-0.2, 0) is 27.2 Å². The second-order valence-electron chi connectivity index (χ2n) is 9.90. The monoisotopic (exact) mass is 540 g/mol. The van der Waals surface area contributed by atoms with Crippen LogP contribution in [-0.4, -0.2) is 65.7 Å². The molecule has 212 valence electrons. The number of unbranched alkanes of at least 4 members (excludes halogenated alkanes) is 2. The number of benzene rings is 2. The molecule has 3 amide bonds. The Hall–Kier alpha value is -3.67. The van der Waals surface area contributed by atoms with Crippen LogP contribution < -0.4 is 33.2 Å². The average molecular weight is 541 g/mol. The van der Waals surface area contributed by atoms with Gasteiger partial charge in [-0.15, -0.1) is 0 Å². The molecule has 1 aliphatic heterocycles. The Balaban J connectivity index is 2.00. The highest BCUT2D eigenvalue weighted by atomic mass is 16.3. The molecule has 3 rings (SSSR count). The van der Waals surface area contributed by atoms with Gasteiger partial charge in [0.05, 0.1) is 6.04 Å². The lowest BCUT2D eigenvalue weighted by molar-refractivity contribution is -0.132. The molecule has 0 radical (unpaired) electrons. The predicted octanol–water partition coefficient (Wildman–Crippen LogP) is 0.144. The number of aromatic hydroxyl groups is 2. The maximum absolute atomic E-state index is 13.4. The number of nitrogens with one attached hydrogen (secondary N) is 3. The lowest BCUT2D eigenvalue weighted by Crippen LogP contribution is -2.56. The van der Waals surface area contributed by atoms with E-state index in [2.05, 4.69) is 16.0 Å². The first-order chi connectivity index (χ1) is 18.7. The summed E-state index contributed by atoms with van der Waals surface area (Å²) in [5.74, 6) is -1.55. The number of hydrogen-bond acceptors (Lipinski definition) is 8. The molecular weight excluding hydrogens is 500 g/mol. The summed E-state index contributed by atoms with van der Waals surface area (Å²) in [4.78, 5) is 39.5. The first kappa shape index (κ1) is 29.9. The normalized spacial score (nSPS) is 19.8. The van der Waals surface area contributed by atoms with Crippen molar-refractivity contribution >= 4 is 17.7 Å². The number of amides is 3. The van der Waals surface area contributed by atoms with Gasteiger partial charge in [-0.05, 0) is 85.3 Å². The zero-order chi connectivity index (χ0) is 28.4. The van der Waals surface area contributed by atoms with Gasteiger partial charge >= 0.3 is 0 Å². The Morgan fingerprint density at radius 1 is 0.846 bits per heavy atom. The van der Waals surface area contributed by atoms with Gasteiger partial charge in [-0.25, -0.2) is 0 Å². The molecule has 0 aromatic heterocycles. The minimum Gasteiger partial charge on any atom is -0.508 e. The maximum Gasteiger partial charge on any atom is 0.243 e. The van der Waals surface area contributed by atoms with E-state index in [1.54, 1.807) is 24.3 Å². The topological polar surface area (TPSA) is 206 Å². The summed E-state index contributed by atoms with van der Waals surface area (Å²) in [7, 11) is 0. The van der Waals surface area contributed by atoms with Crippen molar-refractivity contribution in [2.45, 2.75) is 63.1 Å². The van der Waals surface area contributed by atoms with Crippen LogP contribution in [0, 0.1) is 0 Å². The number of phenolic OH excluding ortho intramolecular Hbond substituents is 2. The minimum atomic E-state index is -1.03. The standard InChI is InChI=1S/C28H40N6O5/c29-10-2-1-3-12-32-27(38)23-16-20-14-18(7-9-25(20)36)17-6-8-24(35)19(13-17)15-21(31)26(37)33-22(5-4-11-30)28(39)34-23/h6-9,13-14,21-23,35-36H,1-5,10-12,15-16,29-31H2,(H,32,38)(H,33,37)(H,34,39)/t21-,22+,23+/m1/s1. The van der Waals surface area contributed by atoms with E-state index < -0.39 is 35.8 Å². The molecule has 11 heteroatoms. The Morgan fingerprint density at radius 2 is 1.46 bits per heavy atom. The smallest absolute Gasteiger partial charge is 0.243 e. The zero-order valence-corrected chi connectivity index (χ0v) is 22.1. The van der Waals surface area contributed by atoms with Gasteiger partial charge in [0.25, 0.3) is 0 Å². The molecule has 1 heterocycles. The van der Waals surface area contributed by atoms with Gasteiger partial charge in [0.2, 0.25) is 17.7 Å². The van der Waals surface area contributed by atoms with Crippen molar-refractivity contribution in [2.24, 2.45) is 17.2 Å². The van der Waals surface area contributed by atoms with E-state index in [4.69, 9.17) is 17.2 Å². The van der Waals surface area contributed by atoms with E-state index in [1.807, 2.05) is 0 Å². The van der Waals surface area contributed by atoms with Crippen LogP contribution in [0.1, 0.15) is 43.2 Å². The van der Waals surface area contributed by atoms with Crippen LogP contribution in [0.4, 0.5) is 0 Å². The second-order valence-corrected chi connectivity index (χ2v) is 9.90. The summed E-state index contributed by atoms with van der Waals surface area (Å²) < 4.78 is 0. The van der Waals surface area contributed by atoms with Crippen LogP contribution in [0.15, 0.2) is 36.4 Å². The van der Waals surface area contributed by atoms with Gasteiger partial charge in [0.1, 0.15) is 23.6 Å². The quantitative estimate of drug-likeness (QED) is 0.205. The van der Waals surface area contributed by atoms with Gasteiger partial charge in [-0.2, -0.15) is 0 Å². The van der Waals surface area contributed by atoms with Crippen molar-refractivity contribution < 1.29 is 24.6 Å². The Kier molecular flexibility index (Phi) is 11.1. The molecule has 4 bridgehead atoms. The number of fused-ring (bicyclic) bond motifs is 5. The first-order valence-corrected chi connectivity index (χ1v) is 13.4. The molecule has 11 N–H and O–H groups in total. The number of nitrogens with two attached hydrogens (primary N) is 3. The molecular formula is C28H40N6O5. The fourth-order valence-electron chi connectivity index (χ4n) is 4.54. The van der Waals surface area contributed by atoms with E-state index in [-0.39, 0.29) is 30.8 Å². The molecule has 1 aliphatic rings. The van der Waals surface area contributed by atoms with Crippen molar-refractivity contribution in [1.82, 2.24) is 16.0 Å².